The van der Waals surface area contributed by atoms with E-state index in [4.69, 9.17) is 22.0 Å². The number of carbonyl (C=O) groups is 2. The van der Waals surface area contributed by atoms with Crippen molar-refractivity contribution in [3.05, 3.63) is 46.4 Å². The maximum Gasteiger partial charge on any atom is 0.417 e. The number of carboxylic acid groups (broad SMARTS) is 1. The van der Waals surface area contributed by atoms with E-state index in [0.29, 0.717) is 12.3 Å². The highest BCUT2D eigenvalue weighted by molar-refractivity contribution is 6.32. The average molecular weight is 401 g/mol. The first-order valence-electron chi connectivity index (χ1n) is 6.91. The average Bonchev–Trinajstić information content (AvgIpc) is 2.99. The molecule has 0 aliphatic carbocycles. The normalized spacial score (nSPS) is 11.4. The van der Waals surface area contributed by atoms with Gasteiger partial charge < -0.3 is 9.84 Å². The third kappa shape index (κ3) is 4.83. The molecule has 2 aromatic rings. The van der Waals surface area contributed by atoms with Gasteiger partial charge in [-0.3, -0.25) is 0 Å². The van der Waals surface area contributed by atoms with Crippen LogP contribution >= 0.6 is 11.6 Å². The van der Waals surface area contributed by atoms with E-state index in [2.05, 4.69) is 14.8 Å². The van der Waals surface area contributed by atoms with E-state index in [9.17, 15) is 22.8 Å². The zero-order valence-corrected chi connectivity index (χ0v) is 13.8. The zero-order valence-electron chi connectivity index (χ0n) is 13.1. The number of alkyl halides is 3. The van der Waals surface area contributed by atoms with Crippen molar-refractivity contribution in [3.63, 3.8) is 0 Å². The number of rotatable bonds is 5. The number of aromatic nitrogens is 3. The first kappa shape index (κ1) is 19.9. The second kappa shape index (κ2) is 7.88. The van der Waals surface area contributed by atoms with E-state index in [-0.39, 0.29) is 22.1 Å². The van der Waals surface area contributed by atoms with Gasteiger partial charge in [0.05, 0.1) is 28.0 Å². The molecule has 0 saturated carbocycles. The number of carboxylic acids is 1. The number of carbonyl (C=O) groups excluding carboxylic acids is 1. The molecule has 0 bridgehead atoms. The third-order valence-corrected chi connectivity index (χ3v) is 3.27. The summed E-state index contributed by atoms with van der Waals surface area (Å²) in [6.45, 7) is -0.861. The maximum absolute atomic E-state index is 12.7. The van der Waals surface area contributed by atoms with Crippen LogP contribution in [0.5, 0.6) is 0 Å². The first-order valence-corrected chi connectivity index (χ1v) is 7.29. The lowest BCUT2D eigenvalue weighted by atomic mass is 10.2. The van der Waals surface area contributed by atoms with Gasteiger partial charge in [0.15, 0.2) is 12.4 Å². The van der Waals surface area contributed by atoms with E-state index in [1.165, 1.54) is 0 Å². The van der Waals surface area contributed by atoms with Gasteiger partial charge in [0.1, 0.15) is 6.07 Å². The van der Waals surface area contributed by atoms with Gasteiger partial charge in [-0.1, -0.05) is 11.6 Å². The van der Waals surface area contributed by atoms with Crippen molar-refractivity contribution in [2.24, 2.45) is 0 Å². The third-order valence-electron chi connectivity index (χ3n) is 2.99. The van der Waals surface area contributed by atoms with Crippen LogP contribution in [0, 0.1) is 11.3 Å². The highest BCUT2D eigenvalue weighted by atomic mass is 35.5. The molecule has 0 aromatic carbocycles. The molecule has 0 atom stereocenters. The Labute approximate surface area is 154 Å². The van der Waals surface area contributed by atoms with Crippen LogP contribution in [0.4, 0.5) is 13.2 Å². The highest BCUT2D eigenvalue weighted by Gasteiger charge is 2.32. The largest absolute Gasteiger partial charge is 0.479 e. The van der Waals surface area contributed by atoms with Gasteiger partial charge in [0, 0.05) is 12.3 Å². The molecule has 140 valence electrons. The Kier molecular flexibility index (Phi) is 5.81. The fourth-order valence-electron chi connectivity index (χ4n) is 1.84. The number of esters is 1. The van der Waals surface area contributed by atoms with Crippen LogP contribution in [-0.2, 0) is 20.5 Å². The number of nitrogens with zero attached hydrogens (tertiary/aromatic N) is 4. The van der Waals surface area contributed by atoms with Gasteiger partial charge in [-0.2, -0.15) is 23.5 Å². The molecular formula is C15H8ClF3N4O4. The van der Waals surface area contributed by atoms with Crippen molar-refractivity contribution in [2.75, 3.05) is 6.61 Å². The molecule has 1 N–H and O–H groups in total. The summed E-state index contributed by atoms with van der Waals surface area (Å²) in [6, 6.07) is 2.43. The number of hydrogen-bond donors (Lipinski definition) is 1. The molecule has 2 heterocycles. The quantitative estimate of drug-likeness (QED) is 0.605. The molecule has 0 spiro atoms. The number of nitriles is 1. The molecule has 12 heteroatoms. The monoisotopic (exact) mass is 400 g/mol. The Morgan fingerprint density at radius 3 is 2.67 bits per heavy atom. The van der Waals surface area contributed by atoms with Gasteiger partial charge in [-0.25, -0.2) is 19.3 Å². The molecule has 27 heavy (non-hydrogen) atoms. The van der Waals surface area contributed by atoms with Crippen LogP contribution in [0.2, 0.25) is 5.02 Å². The van der Waals surface area contributed by atoms with Crippen LogP contribution < -0.4 is 0 Å². The lowest BCUT2D eigenvalue weighted by Gasteiger charge is -2.10. The van der Waals surface area contributed by atoms with Crippen molar-refractivity contribution in [3.8, 4) is 11.9 Å². The highest BCUT2D eigenvalue weighted by Crippen LogP contribution is 2.32. The van der Waals surface area contributed by atoms with Crippen LogP contribution in [0.3, 0.4) is 0 Å². The Morgan fingerprint density at radius 1 is 1.41 bits per heavy atom. The SMILES string of the molecule is N#Cc1cnn(-c2ncc(C(F)(F)F)cc2Cl)c1C=CC(=O)OCC(=O)O. The van der Waals surface area contributed by atoms with E-state index >= 15 is 0 Å². The fraction of sp³-hybridized carbons (Fsp3) is 0.133. The van der Waals surface area contributed by atoms with E-state index in [0.717, 1.165) is 23.0 Å². The molecule has 0 aliphatic rings. The minimum atomic E-state index is -4.65. The molecule has 0 amide bonds. The topological polar surface area (TPSA) is 118 Å². The second-order valence-electron chi connectivity index (χ2n) is 4.83. The summed E-state index contributed by atoms with van der Waals surface area (Å²) < 4.78 is 43.5. The van der Waals surface area contributed by atoms with Gasteiger partial charge in [0.25, 0.3) is 0 Å². The second-order valence-corrected chi connectivity index (χ2v) is 5.24. The Balaban J connectivity index is 2.40. The number of ether oxygens (including phenoxy) is 1. The summed E-state index contributed by atoms with van der Waals surface area (Å²) in [5.41, 5.74) is -1.12. The molecule has 0 fully saturated rings. The summed E-state index contributed by atoms with van der Waals surface area (Å²) in [5, 5.41) is 21.0. The lowest BCUT2D eigenvalue weighted by Crippen LogP contribution is -2.11. The Bertz CT molecular complexity index is 963. The molecule has 2 rings (SSSR count). The lowest BCUT2D eigenvalue weighted by molar-refractivity contribution is -0.151. The summed E-state index contributed by atoms with van der Waals surface area (Å²) in [6.07, 6.45) is -1.10. The van der Waals surface area contributed by atoms with Gasteiger partial charge in [0.2, 0.25) is 0 Å². The predicted octanol–water partition coefficient (Wildman–Crippen LogP) is 2.45. The first-order chi connectivity index (χ1) is 12.6. The van der Waals surface area contributed by atoms with Crippen LogP contribution in [-0.4, -0.2) is 38.4 Å². The minimum absolute atomic E-state index is 0.0149. The minimum Gasteiger partial charge on any atom is -0.479 e. The van der Waals surface area contributed by atoms with Crippen molar-refractivity contribution in [2.45, 2.75) is 6.18 Å². The van der Waals surface area contributed by atoms with Gasteiger partial charge in [-0.15, -0.1) is 0 Å². The van der Waals surface area contributed by atoms with Gasteiger partial charge >= 0.3 is 18.1 Å². The number of pyridine rings is 1. The summed E-state index contributed by atoms with van der Waals surface area (Å²) >= 11 is 5.85. The molecule has 0 unspecified atom stereocenters. The Morgan fingerprint density at radius 2 is 2.11 bits per heavy atom. The fourth-order valence-corrected chi connectivity index (χ4v) is 2.09. The van der Waals surface area contributed by atoms with E-state index < -0.39 is 30.3 Å². The maximum atomic E-state index is 12.7. The number of halogens is 4. The zero-order chi connectivity index (χ0) is 20.2. The molecule has 0 saturated heterocycles. The predicted molar refractivity (Wildman–Crippen MR) is 83.7 cm³/mol. The molecule has 8 nitrogen and oxygen atoms in total. The van der Waals surface area contributed by atoms with Crippen molar-refractivity contribution < 1.29 is 32.6 Å². The number of aliphatic carboxylic acids is 1. The Hall–Kier alpha value is -3.39. The molecule has 0 aliphatic heterocycles. The van der Waals surface area contributed by atoms with Gasteiger partial charge in [-0.05, 0) is 12.1 Å². The van der Waals surface area contributed by atoms with Crippen molar-refractivity contribution in [1.29, 1.82) is 5.26 Å². The summed E-state index contributed by atoms with van der Waals surface area (Å²) in [5.74, 6) is -2.58. The van der Waals surface area contributed by atoms with E-state index in [1.54, 1.807) is 6.07 Å². The van der Waals surface area contributed by atoms with Crippen molar-refractivity contribution in [1.82, 2.24) is 14.8 Å². The van der Waals surface area contributed by atoms with E-state index in [1.807, 2.05) is 0 Å². The molecule has 2 aromatic heterocycles. The van der Waals surface area contributed by atoms with Crippen LogP contribution in [0.1, 0.15) is 16.8 Å². The van der Waals surface area contributed by atoms with Crippen molar-refractivity contribution >= 4 is 29.6 Å². The molecule has 0 radical (unpaired) electrons. The van der Waals surface area contributed by atoms with Crippen LogP contribution in [0.15, 0.2) is 24.5 Å². The number of hydrogen-bond acceptors (Lipinski definition) is 6. The smallest absolute Gasteiger partial charge is 0.417 e. The summed E-state index contributed by atoms with van der Waals surface area (Å²) in [4.78, 5) is 25.4. The molecular weight excluding hydrogens is 393 g/mol. The standard InChI is InChI=1S/C15H8ClF3N4O4/c16-10-3-9(15(17,18)19)6-21-14(10)23-11(8(4-20)5-22-23)1-2-13(26)27-7-12(24)25/h1-3,5-6H,7H2,(H,24,25). The summed E-state index contributed by atoms with van der Waals surface area (Å²) in [7, 11) is 0. The van der Waals surface area contributed by atoms with Crippen LogP contribution in [0.25, 0.3) is 11.9 Å².